The number of rotatable bonds is 5. The quantitative estimate of drug-likeness (QED) is 0.818. The minimum absolute atomic E-state index is 0.292. The first-order chi connectivity index (χ1) is 8.28. The fourth-order valence-corrected chi connectivity index (χ4v) is 2.92. The maximum Gasteiger partial charge on any atom is 0.222 e. The maximum atomic E-state index is 12.1. The van der Waals surface area contributed by atoms with E-state index in [1.165, 1.54) is 12.8 Å². The third-order valence-electron chi connectivity index (χ3n) is 3.57. The van der Waals surface area contributed by atoms with Crippen LogP contribution in [0, 0.1) is 11.3 Å². The number of likely N-dealkylation sites (N-methyl/N-ethyl adjacent to an activating group) is 1. The van der Waals surface area contributed by atoms with Crippen molar-refractivity contribution < 1.29 is 4.79 Å². The lowest BCUT2D eigenvalue weighted by molar-refractivity contribution is -0.131. The fraction of sp³-hybridized carbons (Fsp3) is 0.933. The summed E-state index contributed by atoms with van der Waals surface area (Å²) in [7, 11) is 1.94. The van der Waals surface area contributed by atoms with Crippen molar-refractivity contribution in [2.24, 2.45) is 11.3 Å². The zero-order valence-corrected chi connectivity index (χ0v) is 12.8. The molecule has 1 saturated heterocycles. The summed E-state index contributed by atoms with van der Waals surface area (Å²) in [6, 6.07) is 0.511. The maximum absolute atomic E-state index is 12.1. The summed E-state index contributed by atoms with van der Waals surface area (Å²) < 4.78 is 0. The Bertz CT molecular complexity index is 264. The fourth-order valence-electron chi connectivity index (χ4n) is 2.92. The summed E-state index contributed by atoms with van der Waals surface area (Å²) in [6.07, 6.45) is 4.23. The molecule has 1 heterocycles. The van der Waals surface area contributed by atoms with E-state index in [0.29, 0.717) is 29.7 Å². The minimum atomic E-state index is 0.292. The van der Waals surface area contributed by atoms with Gasteiger partial charge >= 0.3 is 0 Å². The summed E-state index contributed by atoms with van der Waals surface area (Å²) >= 11 is 0. The first kappa shape index (κ1) is 15.5. The Morgan fingerprint density at radius 1 is 1.44 bits per heavy atom. The van der Waals surface area contributed by atoms with Crippen LogP contribution < -0.4 is 5.32 Å². The standard InChI is InChI=1S/C15H30N2O/c1-12(10-15(2,3)4)9-14(18)17(5)11-13-7-6-8-16-13/h12-13,16H,6-11H2,1-5H3. The van der Waals surface area contributed by atoms with Crippen LogP contribution in [0.2, 0.25) is 0 Å². The number of carbonyl (C=O) groups excluding carboxylic acids is 1. The Kier molecular flexibility index (Phi) is 5.64. The molecule has 0 saturated carbocycles. The Morgan fingerprint density at radius 2 is 2.11 bits per heavy atom. The molecule has 1 aliphatic heterocycles. The van der Waals surface area contributed by atoms with Gasteiger partial charge in [-0.2, -0.15) is 0 Å². The van der Waals surface area contributed by atoms with Gasteiger partial charge in [0, 0.05) is 26.1 Å². The van der Waals surface area contributed by atoms with E-state index in [1.807, 2.05) is 11.9 Å². The molecule has 3 heteroatoms. The van der Waals surface area contributed by atoms with E-state index < -0.39 is 0 Å². The molecular weight excluding hydrogens is 224 g/mol. The van der Waals surface area contributed by atoms with Crippen molar-refractivity contribution in [1.29, 1.82) is 0 Å². The Morgan fingerprint density at radius 3 is 2.61 bits per heavy atom. The van der Waals surface area contributed by atoms with Crippen molar-refractivity contribution in [3.05, 3.63) is 0 Å². The monoisotopic (exact) mass is 254 g/mol. The van der Waals surface area contributed by atoms with Gasteiger partial charge in [-0.3, -0.25) is 4.79 Å². The molecule has 1 N–H and O–H groups in total. The van der Waals surface area contributed by atoms with E-state index in [-0.39, 0.29) is 0 Å². The van der Waals surface area contributed by atoms with E-state index in [1.54, 1.807) is 0 Å². The van der Waals surface area contributed by atoms with Crippen LogP contribution in [-0.4, -0.2) is 37.0 Å². The lowest BCUT2D eigenvalue weighted by Crippen LogP contribution is -2.39. The van der Waals surface area contributed by atoms with Crippen molar-refractivity contribution >= 4 is 5.91 Å². The zero-order valence-electron chi connectivity index (χ0n) is 12.8. The second-order valence-corrected chi connectivity index (χ2v) is 7.14. The number of amides is 1. The molecule has 0 aromatic carbocycles. The molecule has 1 aliphatic rings. The lowest BCUT2D eigenvalue weighted by Gasteiger charge is -2.26. The van der Waals surface area contributed by atoms with E-state index >= 15 is 0 Å². The number of hydrogen-bond donors (Lipinski definition) is 1. The average Bonchev–Trinajstić information content (AvgIpc) is 2.66. The lowest BCUT2D eigenvalue weighted by atomic mass is 9.84. The average molecular weight is 254 g/mol. The van der Waals surface area contributed by atoms with Gasteiger partial charge in [0.2, 0.25) is 5.91 Å². The molecule has 0 radical (unpaired) electrons. The van der Waals surface area contributed by atoms with Gasteiger partial charge in [-0.25, -0.2) is 0 Å². The smallest absolute Gasteiger partial charge is 0.222 e. The summed E-state index contributed by atoms with van der Waals surface area (Å²) in [6.45, 7) is 10.9. The highest BCUT2D eigenvalue weighted by atomic mass is 16.2. The Hall–Kier alpha value is -0.570. The number of nitrogens with one attached hydrogen (secondary N) is 1. The highest BCUT2D eigenvalue weighted by Crippen LogP contribution is 2.26. The molecule has 0 spiro atoms. The number of nitrogens with zero attached hydrogens (tertiary/aromatic N) is 1. The van der Waals surface area contributed by atoms with Crippen LogP contribution in [0.25, 0.3) is 0 Å². The molecule has 0 aromatic rings. The van der Waals surface area contributed by atoms with E-state index in [2.05, 4.69) is 33.0 Å². The summed E-state index contributed by atoms with van der Waals surface area (Å²) in [5.41, 5.74) is 0.311. The molecule has 0 bridgehead atoms. The second kappa shape index (κ2) is 6.55. The topological polar surface area (TPSA) is 32.3 Å². The van der Waals surface area contributed by atoms with E-state index in [0.717, 1.165) is 19.5 Å². The molecule has 1 rings (SSSR count). The van der Waals surface area contributed by atoms with Gasteiger partial charge < -0.3 is 10.2 Å². The van der Waals surface area contributed by atoms with Gasteiger partial charge in [-0.1, -0.05) is 27.7 Å². The van der Waals surface area contributed by atoms with Crippen LogP contribution in [0.5, 0.6) is 0 Å². The largest absolute Gasteiger partial charge is 0.344 e. The van der Waals surface area contributed by atoms with Crippen LogP contribution in [-0.2, 0) is 4.79 Å². The Labute approximate surface area is 112 Å². The SMILES string of the molecule is CC(CC(=O)N(C)CC1CCCN1)CC(C)(C)C. The number of carbonyl (C=O) groups is 1. The van der Waals surface area contributed by atoms with Crippen molar-refractivity contribution in [3.63, 3.8) is 0 Å². The molecule has 0 aromatic heterocycles. The molecule has 1 amide bonds. The van der Waals surface area contributed by atoms with E-state index in [9.17, 15) is 4.79 Å². The molecule has 1 fully saturated rings. The summed E-state index contributed by atoms with van der Waals surface area (Å²) in [5, 5.41) is 3.44. The van der Waals surface area contributed by atoms with Crippen LogP contribution >= 0.6 is 0 Å². The van der Waals surface area contributed by atoms with Crippen LogP contribution in [0.15, 0.2) is 0 Å². The third kappa shape index (κ3) is 5.85. The highest BCUT2D eigenvalue weighted by molar-refractivity contribution is 5.76. The molecular formula is C15H30N2O. The predicted octanol–water partition coefficient (Wildman–Crippen LogP) is 2.66. The van der Waals surface area contributed by atoms with Gasteiger partial charge in [0.25, 0.3) is 0 Å². The van der Waals surface area contributed by atoms with Gasteiger partial charge in [0.15, 0.2) is 0 Å². The molecule has 0 aliphatic carbocycles. The first-order valence-electron chi connectivity index (χ1n) is 7.25. The molecule has 106 valence electrons. The zero-order chi connectivity index (χ0) is 13.8. The van der Waals surface area contributed by atoms with Crippen molar-refractivity contribution in [2.45, 2.75) is 59.4 Å². The van der Waals surface area contributed by atoms with Crippen molar-refractivity contribution in [2.75, 3.05) is 20.1 Å². The van der Waals surface area contributed by atoms with E-state index in [4.69, 9.17) is 0 Å². The third-order valence-corrected chi connectivity index (χ3v) is 3.57. The van der Waals surface area contributed by atoms with Gasteiger partial charge in [-0.05, 0) is 37.1 Å². The first-order valence-corrected chi connectivity index (χ1v) is 7.25. The normalized spacial score (nSPS) is 21.9. The second-order valence-electron chi connectivity index (χ2n) is 7.14. The minimum Gasteiger partial charge on any atom is -0.344 e. The Balaban J connectivity index is 2.30. The molecule has 2 atom stereocenters. The van der Waals surface area contributed by atoms with Gasteiger partial charge in [-0.15, -0.1) is 0 Å². The van der Waals surface area contributed by atoms with Crippen molar-refractivity contribution in [3.8, 4) is 0 Å². The van der Waals surface area contributed by atoms with Gasteiger partial charge in [0.1, 0.15) is 0 Å². The van der Waals surface area contributed by atoms with Crippen molar-refractivity contribution in [1.82, 2.24) is 10.2 Å². The molecule has 2 unspecified atom stereocenters. The van der Waals surface area contributed by atoms with Crippen LogP contribution in [0.1, 0.15) is 53.4 Å². The summed E-state index contributed by atoms with van der Waals surface area (Å²) in [4.78, 5) is 14.0. The van der Waals surface area contributed by atoms with Crippen LogP contribution in [0.4, 0.5) is 0 Å². The summed E-state index contributed by atoms with van der Waals surface area (Å²) in [5.74, 6) is 0.761. The van der Waals surface area contributed by atoms with Gasteiger partial charge in [0.05, 0.1) is 0 Å². The number of hydrogen-bond acceptors (Lipinski definition) is 2. The highest BCUT2D eigenvalue weighted by Gasteiger charge is 2.22. The molecule has 18 heavy (non-hydrogen) atoms. The van der Waals surface area contributed by atoms with Crippen LogP contribution in [0.3, 0.4) is 0 Å². The predicted molar refractivity (Wildman–Crippen MR) is 76.5 cm³/mol. The molecule has 3 nitrogen and oxygen atoms in total.